The zero-order valence-electron chi connectivity index (χ0n) is 15.3. The third-order valence-corrected chi connectivity index (χ3v) is 5.25. The number of benzene rings is 1. The summed E-state index contributed by atoms with van der Waals surface area (Å²) in [5, 5.41) is 5.26. The number of carbonyl (C=O) groups excluding carboxylic acids is 2. The molecular weight excluding hydrogens is 366 g/mol. The minimum absolute atomic E-state index is 0.0967. The van der Waals surface area contributed by atoms with E-state index in [1.165, 1.54) is 18.4 Å². The topological polar surface area (TPSA) is 85.6 Å². The van der Waals surface area contributed by atoms with E-state index in [0.717, 1.165) is 16.5 Å². The van der Waals surface area contributed by atoms with Gasteiger partial charge in [-0.25, -0.2) is 9.59 Å². The summed E-state index contributed by atoms with van der Waals surface area (Å²) in [6.07, 6.45) is 0.348. The van der Waals surface area contributed by atoms with Crippen molar-refractivity contribution in [2.24, 2.45) is 0 Å². The molecule has 0 spiro atoms. The van der Waals surface area contributed by atoms with E-state index in [4.69, 9.17) is 9.15 Å². The van der Waals surface area contributed by atoms with E-state index in [1.54, 1.807) is 11.4 Å². The van der Waals surface area contributed by atoms with E-state index in [0.29, 0.717) is 21.7 Å². The van der Waals surface area contributed by atoms with Crippen molar-refractivity contribution in [3.63, 3.8) is 0 Å². The number of esters is 1. The molecule has 0 radical (unpaired) electrons. The second-order valence-corrected chi connectivity index (χ2v) is 7.11. The van der Waals surface area contributed by atoms with E-state index in [-0.39, 0.29) is 18.7 Å². The van der Waals surface area contributed by atoms with Gasteiger partial charge in [0.2, 0.25) is 5.91 Å². The van der Waals surface area contributed by atoms with Gasteiger partial charge in [-0.1, -0.05) is 12.1 Å². The highest BCUT2D eigenvalue weighted by molar-refractivity contribution is 7.12. The van der Waals surface area contributed by atoms with Gasteiger partial charge in [0.1, 0.15) is 10.5 Å². The fourth-order valence-electron chi connectivity index (χ4n) is 2.90. The first-order chi connectivity index (χ1) is 12.9. The highest BCUT2D eigenvalue weighted by Gasteiger charge is 2.17. The number of methoxy groups -OCH3 is 1. The van der Waals surface area contributed by atoms with Gasteiger partial charge < -0.3 is 14.5 Å². The zero-order valence-corrected chi connectivity index (χ0v) is 16.1. The molecule has 0 bridgehead atoms. The molecule has 1 amide bonds. The van der Waals surface area contributed by atoms with Gasteiger partial charge in [0, 0.05) is 17.4 Å². The molecule has 1 aromatic carbocycles. The van der Waals surface area contributed by atoms with Crippen molar-refractivity contribution in [3.05, 3.63) is 61.6 Å². The molecular formula is C20H19NO5S. The minimum atomic E-state index is -0.499. The Morgan fingerprint density at radius 1 is 1.22 bits per heavy atom. The summed E-state index contributed by atoms with van der Waals surface area (Å²) in [6, 6.07) is 7.34. The average molecular weight is 385 g/mol. The summed E-state index contributed by atoms with van der Waals surface area (Å²) < 4.78 is 10.1. The molecule has 0 aliphatic heterocycles. The average Bonchev–Trinajstić information content (AvgIpc) is 3.08. The van der Waals surface area contributed by atoms with Gasteiger partial charge in [-0.3, -0.25) is 4.79 Å². The third-order valence-electron chi connectivity index (χ3n) is 4.36. The highest BCUT2D eigenvalue weighted by Crippen LogP contribution is 2.24. The van der Waals surface area contributed by atoms with Gasteiger partial charge in [-0.2, -0.15) is 0 Å². The van der Waals surface area contributed by atoms with Gasteiger partial charge in [0.25, 0.3) is 0 Å². The molecule has 0 fully saturated rings. The first-order valence-corrected chi connectivity index (χ1v) is 9.27. The standard InChI is InChI=1S/C20H19NO5S/c1-11-4-5-13-12(2)14(19(23)26-16(13)10-11)6-7-17(22)21-15-8-9-27-18(15)20(24)25-3/h4-5,8-10H,6-7H2,1-3H3,(H,21,22). The second-order valence-electron chi connectivity index (χ2n) is 6.20. The van der Waals surface area contributed by atoms with Gasteiger partial charge >= 0.3 is 11.6 Å². The van der Waals surface area contributed by atoms with Crippen LogP contribution < -0.4 is 10.9 Å². The van der Waals surface area contributed by atoms with Crippen molar-refractivity contribution in [2.45, 2.75) is 26.7 Å². The van der Waals surface area contributed by atoms with Crippen LogP contribution in [0.4, 0.5) is 5.69 Å². The normalized spacial score (nSPS) is 10.8. The van der Waals surface area contributed by atoms with Gasteiger partial charge in [0.15, 0.2) is 0 Å². The largest absolute Gasteiger partial charge is 0.465 e. The van der Waals surface area contributed by atoms with Crippen LogP contribution in [0, 0.1) is 13.8 Å². The number of aryl methyl sites for hydroxylation is 2. The Balaban J connectivity index is 1.76. The molecule has 27 heavy (non-hydrogen) atoms. The first-order valence-electron chi connectivity index (χ1n) is 8.39. The lowest BCUT2D eigenvalue weighted by molar-refractivity contribution is -0.116. The molecule has 3 rings (SSSR count). The van der Waals surface area contributed by atoms with Crippen LogP contribution in [0.3, 0.4) is 0 Å². The van der Waals surface area contributed by atoms with Crippen LogP contribution in [-0.2, 0) is 16.0 Å². The Morgan fingerprint density at radius 3 is 2.74 bits per heavy atom. The number of amides is 1. The summed E-state index contributed by atoms with van der Waals surface area (Å²) in [6.45, 7) is 3.79. The van der Waals surface area contributed by atoms with Crippen molar-refractivity contribution in [2.75, 3.05) is 12.4 Å². The van der Waals surface area contributed by atoms with E-state index in [2.05, 4.69) is 5.32 Å². The molecule has 2 aromatic heterocycles. The number of fused-ring (bicyclic) bond motifs is 1. The zero-order chi connectivity index (χ0) is 19.6. The maximum Gasteiger partial charge on any atom is 0.350 e. The lowest BCUT2D eigenvalue weighted by atomic mass is 10.0. The molecule has 2 heterocycles. The molecule has 7 heteroatoms. The molecule has 140 valence electrons. The molecule has 6 nitrogen and oxygen atoms in total. The smallest absolute Gasteiger partial charge is 0.350 e. The fourth-order valence-corrected chi connectivity index (χ4v) is 3.67. The van der Waals surface area contributed by atoms with E-state index in [9.17, 15) is 14.4 Å². The molecule has 0 aliphatic rings. The number of anilines is 1. The molecule has 0 unspecified atom stereocenters. The lowest BCUT2D eigenvalue weighted by Gasteiger charge is -2.09. The van der Waals surface area contributed by atoms with E-state index >= 15 is 0 Å². The summed E-state index contributed by atoms with van der Waals surface area (Å²) in [4.78, 5) is 36.6. The van der Waals surface area contributed by atoms with Crippen molar-refractivity contribution in [1.29, 1.82) is 0 Å². The molecule has 0 atom stereocenters. The van der Waals surface area contributed by atoms with Crippen LogP contribution in [0.5, 0.6) is 0 Å². The Bertz CT molecular complexity index is 1080. The van der Waals surface area contributed by atoms with Crippen LogP contribution >= 0.6 is 11.3 Å². The Kier molecular flexibility index (Phi) is 5.41. The number of ether oxygens (including phenoxy) is 1. The number of rotatable bonds is 5. The molecule has 0 aliphatic carbocycles. The number of hydrogen-bond acceptors (Lipinski definition) is 6. The van der Waals surface area contributed by atoms with Crippen molar-refractivity contribution >= 4 is 39.9 Å². The summed E-state index contributed by atoms with van der Waals surface area (Å²) >= 11 is 1.19. The van der Waals surface area contributed by atoms with Crippen molar-refractivity contribution in [1.82, 2.24) is 0 Å². The maximum atomic E-state index is 12.3. The molecule has 0 saturated carbocycles. The number of carbonyl (C=O) groups is 2. The van der Waals surface area contributed by atoms with Crippen LogP contribution in [0.25, 0.3) is 11.0 Å². The van der Waals surface area contributed by atoms with Crippen LogP contribution in [0.2, 0.25) is 0 Å². The Morgan fingerprint density at radius 2 is 2.00 bits per heavy atom. The lowest BCUT2D eigenvalue weighted by Crippen LogP contribution is -2.17. The number of hydrogen-bond donors (Lipinski definition) is 1. The van der Waals surface area contributed by atoms with E-state index < -0.39 is 11.6 Å². The third kappa shape index (κ3) is 3.93. The Labute approximate surface area is 159 Å². The molecule has 1 N–H and O–H groups in total. The molecule has 3 aromatic rings. The van der Waals surface area contributed by atoms with Gasteiger partial charge in [0.05, 0.1) is 12.8 Å². The summed E-state index contributed by atoms with van der Waals surface area (Å²) in [5.41, 5.74) is 2.85. The highest BCUT2D eigenvalue weighted by atomic mass is 32.1. The first kappa shape index (κ1) is 18.8. The van der Waals surface area contributed by atoms with Crippen molar-refractivity contribution in [3.8, 4) is 0 Å². The quantitative estimate of drug-likeness (QED) is 0.533. The van der Waals surface area contributed by atoms with Crippen LogP contribution in [0.15, 0.2) is 38.9 Å². The summed E-state index contributed by atoms with van der Waals surface area (Å²) in [7, 11) is 1.29. The second kappa shape index (κ2) is 7.75. The SMILES string of the molecule is COC(=O)c1sccc1NC(=O)CCc1c(C)c2ccc(C)cc2oc1=O. The maximum absolute atomic E-state index is 12.3. The number of nitrogens with one attached hydrogen (secondary N) is 1. The number of thiophene rings is 1. The van der Waals surface area contributed by atoms with E-state index in [1.807, 2.05) is 32.0 Å². The van der Waals surface area contributed by atoms with Crippen LogP contribution in [-0.4, -0.2) is 19.0 Å². The van der Waals surface area contributed by atoms with Crippen molar-refractivity contribution < 1.29 is 18.7 Å². The van der Waals surface area contributed by atoms with Gasteiger partial charge in [-0.05, 0) is 48.9 Å². The monoisotopic (exact) mass is 385 g/mol. The van der Waals surface area contributed by atoms with Crippen LogP contribution in [0.1, 0.15) is 32.8 Å². The van der Waals surface area contributed by atoms with Gasteiger partial charge in [-0.15, -0.1) is 11.3 Å². The summed E-state index contributed by atoms with van der Waals surface area (Å²) in [5.74, 6) is -0.789. The minimum Gasteiger partial charge on any atom is -0.465 e. The Hall–Kier alpha value is -2.93. The fraction of sp³-hybridized carbons (Fsp3) is 0.250. The molecule has 0 saturated heterocycles. The predicted molar refractivity (Wildman–Crippen MR) is 105 cm³/mol. The predicted octanol–water partition coefficient (Wildman–Crippen LogP) is 3.83.